The third-order valence-electron chi connectivity index (χ3n) is 2.55. The Morgan fingerprint density at radius 2 is 1.81 bits per heavy atom. The predicted molar refractivity (Wildman–Crippen MR) is 76.5 cm³/mol. The molecule has 0 spiro atoms. The molecule has 0 N–H and O–H groups in total. The zero-order chi connectivity index (χ0) is 16.4. The van der Waals surface area contributed by atoms with E-state index < -0.39 is 27.6 Å². The highest BCUT2D eigenvalue weighted by molar-refractivity contribution is 7.89. The van der Waals surface area contributed by atoms with Crippen LogP contribution >= 0.6 is 34.8 Å². The Balaban J connectivity index is 3.39. The van der Waals surface area contributed by atoms with Crippen LogP contribution in [0.2, 0.25) is 10.0 Å². The summed E-state index contributed by atoms with van der Waals surface area (Å²) < 4.78 is 62.4. The topological polar surface area (TPSA) is 37.4 Å². The van der Waals surface area contributed by atoms with Crippen LogP contribution in [0.1, 0.15) is 12.5 Å². The lowest BCUT2D eigenvalue weighted by Gasteiger charge is -2.23. The van der Waals surface area contributed by atoms with Crippen molar-refractivity contribution in [2.45, 2.75) is 23.9 Å². The number of sulfonamides is 1. The number of hydrogen-bond donors (Lipinski definition) is 0. The quantitative estimate of drug-likeness (QED) is 0.710. The largest absolute Gasteiger partial charge is 0.402 e. The van der Waals surface area contributed by atoms with Crippen LogP contribution in [0.5, 0.6) is 0 Å². The van der Waals surface area contributed by atoms with Gasteiger partial charge in [-0.05, 0) is 17.7 Å². The summed E-state index contributed by atoms with van der Waals surface area (Å²) in [4.78, 5) is -0.488. The van der Waals surface area contributed by atoms with E-state index in [0.29, 0.717) is 0 Å². The number of halogens is 6. The molecule has 0 aliphatic carbocycles. The van der Waals surface area contributed by atoms with Crippen molar-refractivity contribution in [1.29, 1.82) is 0 Å². The van der Waals surface area contributed by atoms with Crippen molar-refractivity contribution in [2.24, 2.45) is 0 Å². The molecule has 3 nitrogen and oxygen atoms in total. The minimum absolute atomic E-state index is 0.0247. The van der Waals surface area contributed by atoms with Gasteiger partial charge >= 0.3 is 6.18 Å². The fourth-order valence-electron chi connectivity index (χ4n) is 1.61. The van der Waals surface area contributed by atoms with Crippen LogP contribution < -0.4 is 0 Å². The van der Waals surface area contributed by atoms with E-state index >= 15 is 0 Å². The van der Waals surface area contributed by atoms with Gasteiger partial charge in [-0.1, -0.05) is 30.1 Å². The van der Waals surface area contributed by atoms with E-state index in [1.54, 1.807) is 0 Å². The first-order valence-corrected chi connectivity index (χ1v) is 8.36. The van der Waals surface area contributed by atoms with E-state index in [9.17, 15) is 21.6 Å². The maximum absolute atomic E-state index is 12.5. The lowest BCUT2D eigenvalue weighted by Crippen LogP contribution is -2.38. The smallest absolute Gasteiger partial charge is 0.207 e. The van der Waals surface area contributed by atoms with Gasteiger partial charge in [-0.2, -0.15) is 17.5 Å². The summed E-state index contributed by atoms with van der Waals surface area (Å²) in [6.45, 7) is -0.671. The van der Waals surface area contributed by atoms with Gasteiger partial charge in [0.1, 0.15) is 11.4 Å². The van der Waals surface area contributed by atoms with Crippen LogP contribution in [-0.2, 0) is 15.9 Å². The van der Waals surface area contributed by atoms with Crippen molar-refractivity contribution in [1.82, 2.24) is 4.31 Å². The number of rotatable bonds is 5. The van der Waals surface area contributed by atoms with Gasteiger partial charge in [0.05, 0.1) is 5.02 Å². The summed E-state index contributed by atoms with van der Waals surface area (Å²) in [5, 5.41) is -0.202. The molecule has 1 aromatic rings. The van der Waals surface area contributed by atoms with Gasteiger partial charge in [-0.15, -0.1) is 11.6 Å². The van der Waals surface area contributed by atoms with Crippen molar-refractivity contribution in [3.63, 3.8) is 0 Å². The summed E-state index contributed by atoms with van der Waals surface area (Å²) in [6.07, 6.45) is -4.66. The van der Waals surface area contributed by atoms with Gasteiger partial charge in [0.15, 0.2) is 0 Å². The average molecular weight is 385 g/mol. The molecule has 1 rings (SSSR count). The molecule has 0 amide bonds. The van der Waals surface area contributed by atoms with Gasteiger partial charge in [0, 0.05) is 17.4 Å². The molecule has 0 bridgehead atoms. The van der Waals surface area contributed by atoms with Crippen molar-refractivity contribution in [2.75, 3.05) is 13.1 Å². The molecule has 0 unspecified atom stereocenters. The Morgan fingerprint density at radius 1 is 1.24 bits per heavy atom. The number of alkyl halides is 4. The molecule has 0 saturated carbocycles. The van der Waals surface area contributed by atoms with Crippen molar-refractivity contribution in [3.8, 4) is 0 Å². The van der Waals surface area contributed by atoms with Gasteiger partial charge in [0.2, 0.25) is 10.0 Å². The second kappa shape index (κ2) is 6.91. The minimum atomic E-state index is -4.66. The normalized spacial score (nSPS) is 13.0. The molecule has 0 aliphatic heterocycles. The summed E-state index contributed by atoms with van der Waals surface area (Å²) in [5.41, 5.74) is 0.229. The SMILES string of the molecule is CCN(CC(F)(F)F)S(=O)(=O)c1cc(Cl)cc(CCl)c1Cl. The molecular formula is C11H11Cl3F3NO2S. The third kappa shape index (κ3) is 4.63. The molecule has 0 heterocycles. The first kappa shape index (κ1) is 18.8. The highest BCUT2D eigenvalue weighted by atomic mass is 35.5. The van der Waals surface area contributed by atoms with Crippen LogP contribution in [0.3, 0.4) is 0 Å². The van der Waals surface area contributed by atoms with Crippen LogP contribution in [0.15, 0.2) is 17.0 Å². The molecule has 10 heteroatoms. The molecule has 0 aliphatic rings. The lowest BCUT2D eigenvalue weighted by atomic mass is 10.2. The maximum Gasteiger partial charge on any atom is 0.402 e. The molecule has 0 aromatic heterocycles. The molecule has 120 valence electrons. The summed E-state index contributed by atoms with van der Waals surface area (Å²) in [7, 11) is -4.43. The summed E-state index contributed by atoms with van der Waals surface area (Å²) >= 11 is 17.3. The fraction of sp³-hybridized carbons (Fsp3) is 0.455. The van der Waals surface area contributed by atoms with Crippen molar-refractivity contribution < 1.29 is 21.6 Å². The lowest BCUT2D eigenvalue weighted by molar-refractivity contribution is -0.135. The van der Waals surface area contributed by atoms with E-state index in [-0.39, 0.29) is 32.3 Å². The maximum atomic E-state index is 12.5. The number of benzene rings is 1. The first-order valence-electron chi connectivity index (χ1n) is 5.63. The average Bonchev–Trinajstić information content (AvgIpc) is 2.36. The van der Waals surface area contributed by atoms with E-state index in [1.807, 2.05) is 0 Å². The fourth-order valence-corrected chi connectivity index (χ4v) is 4.23. The molecule has 0 fully saturated rings. The summed E-state index contributed by atoms with van der Waals surface area (Å²) in [5.74, 6) is -0.118. The van der Waals surface area contributed by atoms with E-state index in [2.05, 4.69) is 0 Å². The zero-order valence-corrected chi connectivity index (χ0v) is 13.8. The van der Waals surface area contributed by atoms with Crippen LogP contribution in [0.25, 0.3) is 0 Å². The number of hydrogen-bond acceptors (Lipinski definition) is 2. The van der Waals surface area contributed by atoms with Gasteiger partial charge in [-0.25, -0.2) is 8.42 Å². The Hall–Kier alpha value is -0.210. The molecular weight excluding hydrogens is 374 g/mol. The molecule has 1 aromatic carbocycles. The Morgan fingerprint density at radius 3 is 2.24 bits per heavy atom. The second-order valence-corrected chi connectivity index (χ2v) is 7.05. The van der Waals surface area contributed by atoms with Crippen LogP contribution in [0.4, 0.5) is 13.2 Å². The van der Waals surface area contributed by atoms with Crippen molar-refractivity contribution >= 4 is 44.8 Å². The van der Waals surface area contributed by atoms with Gasteiger partial charge < -0.3 is 0 Å². The van der Waals surface area contributed by atoms with E-state index in [4.69, 9.17) is 34.8 Å². The first-order chi connectivity index (χ1) is 9.52. The van der Waals surface area contributed by atoms with Gasteiger partial charge in [0.25, 0.3) is 0 Å². The van der Waals surface area contributed by atoms with E-state index in [1.165, 1.54) is 13.0 Å². The Kier molecular flexibility index (Phi) is 6.20. The number of nitrogens with zero attached hydrogens (tertiary/aromatic N) is 1. The summed E-state index contributed by atoms with van der Waals surface area (Å²) in [6, 6.07) is 2.37. The highest BCUT2D eigenvalue weighted by Gasteiger charge is 2.37. The van der Waals surface area contributed by atoms with Crippen molar-refractivity contribution in [3.05, 3.63) is 27.7 Å². The Bertz CT molecular complexity index is 620. The van der Waals surface area contributed by atoms with Crippen LogP contribution in [0, 0.1) is 0 Å². The highest BCUT2D eigenvalue weighted by Crippen LogP contribution is 2.33. The second-order valence-electron chi connectivity index (χ2n) is 4.06. The molecule has 0 atom stereocenters. The third-order valence-corrected chi connectivity index (χ3v) is 5.56. The minimum Gasteiger partial charge on any atom is -0.207 e. The van der Waals surface area contributed by atoms with Gasteiger partial charge in [-0.3, -0.25) is 0 Å². The molecule has 0 saturated heterocycles. The standard InChI is InChI=1S/C11H11Cl3F3NO2S/c1-2-18(6-11(15,16)17)21(19,20)9-4-8(13)3-7(5-12)10(9)14/h3-4H,2,5-6H2,1H3. The van der Waals surface area contributed by atoms with E-state index in [0.717, 1.165) is 6.07 Å². The monoisotopic (exact) mass is 383 g/mol. The van der Waals surface area contributed by atoms with Crippen LogP contribution in [-0.4, -0.2) is 32.0 Å². The Labute approximate surface area is 135 Å². The zero-order valence-electron chi connectivity index (χ0n) is 10.7. The molecule has 21 heavy (non-hydrogen) atoms. The molecule has 0 radical (unpaired) electrons. The predicted octanol–water partition coefficient (Wildman–Crippen LogP) is 4.31.